The van der Waals surface area contributed by atoms with E-state index in [2.05, 4.69) is 5.32 Å². The van der Waals surface area contributed by atoms with E-state index in [1.54, 1.807) is 37.4 Å². The first kappa shape index (κ1) is 21.4. The van der Waals surface area contributed by atoms with Crippen molar-refractivity contribution in [3.63, 3.8) is 0 Å². The summed E-state index contributed by atoms with van der Waals surface area (Å²) < 4.78 is 11.2. The first-order valence-corrected chi connectivity index (χ1v) is 10.6. The molecule has 0 saturated carbocycles. The molecule has 0 bridgehead atoms. The zero-order chi connectivity index (χ0) is 22.5. The lowest BCUT2D eigenvalue weighted by Crippen LogP contribution is -2.38. The maximum Gasteiger partial charge on any atom is 0.264 e. The second kappa shape index (κ2) is 9.56. The summed E-state index contributed by atoms with van der Waals surface area (Å²) >= 11 is 0. The van der Waals surface area contributed by atoms with Gasteiger partial charge in [0.25, 0.3) is 11.8 Å². The average Bonchev–Trinajstić information content (AvgIpc) is 2.95. The number of hydrogen-bond acceptors (Lipinski definition) is 4. The number of hydrogen-bond donors (Lipinski definition) is 1. The number of fused-ring (bicyclic) bond motifs is 1. The minimum Gasteiger partial charge on any atom is -0.497 e. The van der Waals surface area contributed by atoms with Gasteiger partial charge in [0.2, 0.25) is 0 Å². The van der Waals surface area contributed by atoms with Crippen LogP contribution in [0.3, 0.4) is 0 Å². The van der Waals surface area contributed by atoms with Crippen molar-refractivity contribution in [1.82, 2.24) is 4.90 Å². The Balaban J connectivity index is 1.58. The van der Waals surface area contributed by atoms with Gasteiger partial charge in [-0.25, -0.2) is 0 Å². The molecule has 164 valence electrons. The van der Waals surface area contributed by atoms with Crippen LogP contribution in [0.1, 0.15) is 34.8 Å². The second-order valence-electron chi connectivity index (χ2n) is 7.70. The van der Waals surface area contributed by atoms with Gasteiger partial charge in [-0.05, 0) is 48.4 Å². The Morgan fingerprint density at radius 2 is 1.91 bits per heavy atom. The predicted octanol–water partition coefficient (Wildman–Crippen LogP) is 4.65. The quantitative estimate of drug-likeness (QED) is 0.618. The summed E-state index contributed by atoms with van der Waals surface area (Å²) in [5, 5.41) is 2.93. The van der Waals surface area contributed by atoms with Crippen molar-refractivity contribution in [2.75, 3.05) is 12.4 Å². The summed E-state index contributed by atoms with van der Waals surface area (Å²) in [6.45, 7) is 2.85. The number of anilines is 1. The monoisotopic (exact) mass is 430 g/mol. The number of nitrogens with one attached hydrogen (secondary N) is 1. The highest BCUT2D eigenvalue weighted by Crippen LogP contribution is 2.30. The molecule has 1 N–H and O–H groups in total. The van der Waals surface area contributed by atoms with E-state index < -0.39 is 6.10 Å². The molecule has 6 heteroatoms. The van der Waals surface area contributed by atoms with E-state index in [1.807, 2.05) is 54.3 Å². The molecule has 4 rings (SSSR count). The second-order valence-corrected chi connectivity index (χ2v) is 7.70. The third-order valence-electron chi connectivity index (χ3n) is 5.45. The highest BCUT2D eigenvalue weighted by molar-refractivity contribution is 6.04. The van der Waals surface area contributed by atoms with Crippen LogP contribution in [0, 0.1) is 0 Å². The van der Waals surface area contributed by atoms with Gasteiger partial charge < -0.3 is 19.7 Å². The van der Waals surface area contributed by atoms with Gasteiger partial charge in [-0.15, -0.1) is 0 Å². The molecular formula is C26H26N2O4. The van der Waals surface area contributed by atoms with Crippen molar-refractivity contribution < 1.29 is 19.1 Å². The van der Waals surface area contributed by atoms with E-state index in [1.165, 1.54) is 0 Å². The summed E-state index contributed by atoms with van der Waals surface area (Å²) in [5.74, 6) is 1.02. The number of rotatable bonds is 6. The normalized spacial score (nSPS) is 15.4. The summed E-state index contributed by atoms with van der Waals surface area (Å²) in [6.07, 6.45) is 0.0509. The first-order valence-electron chi connectivity index (χ1n) is 10.6. The third-order valence-corrected chi connectivity index (χ3v) is 5.45. The van der Waals surface area contributed by atoms with Gasteiger partial charge in [0, 0.05) is 29.9 Å². The molecule has 0 unspecified atom stereocenters. The van der Waals surface area contributed by atoms with Crippen LogP contribution in [0.2, 0.25) is 0 Å². The fourth-order valence-electron chi connectivity index (χ4n) is 3.75. The third kappa shape index (κ3) is 4.75. The van der Waals surface area contributed by atoms with Crippen LogP contribution in [0.4, 0.5) is 5.69 Å². The van der Waals surface area contributed by atoms with Crippen molar-refractivity contribution >= 4 is 17.5 Å². The number of ether oxygens (including phenoxy) is 2. The smallest absolute Gasteiger partial charge is 0.264 e. The molecule has 3 aromatic rings. The molecule has 0 spiro atoms. The van der Waals surface area contributed by atoms with E-state index in [-0.39, 0.29) is 11.8 Å². The van der Waals surface area contributed by atoms with E-state index >= 15 is 0 Å². The molecule has 0 saturated heterocycles. The number of amides is 2. The summed E-state index contributed by atoms with van der Waals surface area (Å²) in [7, 11) is 1.57. The van der Waals surface area contributed by atoms with Gasteiger partial charge >= 0.3 is 0 Å². The Bertz CT molecular complexity index is 1110. The van der Waals surface area contributed by atoms with E-state index in [0.29, 0.717) is 42.3 Å². The van der Waals surface area contributed by atoms with Crippen LogP contribution in [0.25, 0.3) is 0 Å². The van der Waals surface area contributed by atoms with Crippen molar-refractivity contribution in [1.29, 1.82) is 0 Å². The molecule has 0 aromatic heterocycles. The van der Waals surface area contributed by atoms with E-state index in [4.69, 9.17) is 9.47 Å². The van der Waals surface area contributed by atoms with Gasteiger partial charge in [0.1, 0.15) is 11.5 Å². The standard InChI is InChI=1S/C26H26N2O4/c1-3-23-26(30)28(16-18-8-5-4-6-9-18)17-20-14-21(12-13-24(20)32-23)27-25(29)19-10-7-11-22(15-19)31-2/h4-15,23H,3,16-17H2,1-2H3,(H,27,29)/t23-/m1/s1. The Labute approximate surface area is 187 Å². The van der Waals surface area contributed by atoms with Crippen LogP contribution in [-0.4, -0.2) is 29.9 Å². The molecule has 32 heavy (non-hydrogen) atoms. The van der Waals surface area contributed by atoms with E-state index in [0.717, 1.165) is 11.1 Å². The fraction of sp³-hybridized carbons (Fsp3) is 0.231. The lowest BCUT2D eigenvalue weighted by Gasteiger charge is -2.23. The van der Waals surface area contributed by atoms with Crippen LogP contribution in [0.15, 0.2) is 72.8 Å². The molecule has 0 aliphatic carbocycles. The molecule has 3 aromatic carbocycles. The van der Waals surface area contributed by atoms with Gasteiger partial charge in [0.15, 0.2) is 6.10 Å². The zero-order valence-corrected chi connectivity index (χ0v) is 18.2. The lowest BCUT2D eigenvalue weighted by molar-refractivity contribution is -0.139. The molecule has 1 aliphatic rings. The largest absolute Gasteiger partial charge is 0.497 e. The SMILES string of the molecule is CC[C@H]1Oc2ccc(NC(=O)c3cccc(OC)c3)cc2CN(Cc2ccccc2)C1=O. The Morgan fingerprint density at radius 3 is 2.66 bits per heavy atom. The van der Waals surface area contributed by atoms with Crippen LogP contribution in [0.5, 0.6) is 11.5 Å². The summed E-state index contributed by atoms with van der Waals surface area (Å²) in [6, 6.07) is 22.4. The highest BCUT2D eigenvalue weighted by atomic mass is 16.5. The first-order chi connectivity index (χ1) is 15.6. The molecule has 2 amide bonds. The minimum absolute atomic E-state index is 0.0329. The van der Waals surface area contributed by atoms with Gasteiger partial charge in [0.05, 0.1) is 7.11 Å². The van der Waals surface area contributed by atoms with Gasteiger partial charge in [-0.3, -0.25) is 9.59 Å². The average molecular weight is 431 g/mol. The van der Waals surface area contributed by atoms with Crippen molar-refractivity contribution in [3.8, 4) is 11.5 Å². The summed E-state index contributed by atoms with van der Waals surface area (Å²) in [5.41, 5.74) is 3.06. The molecular weight excluding hydrogens is 404 g/mol. The fourth-order valence-corrected chi connectivity index (χ4v) is 3.75. The molecule has 0 radical (unpaired) electrons. The van der Waals surface area contributed by atoms with Gasteiger partial charge in [-0.1, -0.05) is 43.3 Å². The predicted molar refractivity (Wildman–Crippen MR) is 123 cm³/mol. The van der Waals surface area contributed by atoms with Crippen molar-refractivity contribution in [3.05, 3.63) is 89.5 Å². The Hall–Kier alpha value is -3.80. The maximum absolute atomic E-state index is 13.1. The molecule has 1 atom stereocenters. The molecule has 6 nitrogen and oxygen atoms in total. The van der Waals surface area contributed by atoms with Crippen LogP contribution in [-0.2, 0) is 17.9 Å². The van der Waals surface area contributed by atoms with Crippen LogP contribution >= 0.6 is 0 Å². The number of carbonyl (C=O) groups is 2. The maximum atomic E-state index is 13.1. The highest BCUT2D eigenvalue weighted by Gasteiger charge is 2.30. The number of nitrogens with zero attached hydrogens (tertiary/aromatic N) is 1. The topological polar surface area (TPSA) is 67.9 Å². The molecule has 0 fully saturated rings. The zero-order valence-electron chi connectivity index (χ0n) is 18.2. The number of carbonyl (C=O) groups excluding carboxylic acids is 2. The van der Waals surface area contributed by atoms with Gasteiger partial charge in [-0.2, -0.15) is 0 Å². The molecule has 1 heterocycles. The number of benzene rings is 3. The van der Waals surface area contributed by atoms with E-state index in [9.17, 15) is 9.59 Å². The van der Waals surface area contributed by atoms with Crippen molar-refractivity contribution in [2.45, 2.75) is 32.5 Å². The lowest BCUT2D eigenvalue weighted by atomic mass is 10.1. The molecule has 1 aliphatic heterocycles. The summed E-state index contributed by atoms with van der Waals surface area (Å²) in [4.78, 5) is 27.6. The minimum atomic E-state index is -0.530. The van der Waals surface area contributed by atoms with Crippen molar-refractivity contribution in [2.24, 2.45) is 0 Å². The Kier molecular flexibility index (Phi) is 6.40. The number of methoxy groups -OCH3 is 1. The van der Waals surface area contributed by atoms with Crippen LogP contribution < -0.4 is 14.8 Å². The Morgan fingerprint density at radius 1 is 1.09 bits per heavy atom.